The van der Waals surface area contributed by atoms with Crippen molar-refractivity contribution in [1.82, 2.24) is 0 Å². The molecular formula is C21H30. The Kier molecular flexibility index (Phi) is 2.74. The van der Waals surface area contributed by atoms with Gasteiger partial charge in [0, 0.05) is 11.8 Å². The minimum atomic E-state index is 0.660. The van der Waals surface area contributed by atoms with Crippen LogP contribution in [0.1, 0.15) is 67.2 Å². The fraction of sp³-hybridized carbons (Fsp3) is 0.714. The molecule has 0 nitrogen and oxygen atoms in total. The van der Waals surface area contributed by atoms with Gasteiger partial charge in [0.15, 0.2) is 0 Å². The summed E-state index contributed by atoms with van der Waals surface area (Å²) < 4.78 is 0. The average molecular weight is 282 g/mol. The van der Waals surface area contributed by atoms with E-state index in [0.717, 1.165) is 23.7 Å². The van der Waals surface area contributed by atoms with Crippen LogP contribution in [-0.4, -0.2) is 0 Å². The lowest BCUT2D eigenvalue weighted by molar-refractivity contribution is 0.179. The first-order chi connectivity index (χ1) is 9.92. The third-order valence-electron chi connectivity index (χ3n) is 7.18. The topological polar surface area (TPSA) is 0 Å². The molecule has 1 spiro atoms. The summed E-state index contributed by atoms with van der Waals surface area (Å²) in [7, 11) is 0. The predicted octanol–water partition coefficient (Wildman–Crippen LogP) is 6.06. The van der Waals surface area contributed by atoms with E-state index in [1.165, 1.54) is 25.7 Å². The van der Waals surface area contributed by atoms with Crippen LogP contribution < -0.4 is 0 Å². The zero-order chi connectivity index (χ0) is 15.1. The van der Waals surface area contributed by atoms with E-state index in [1.54, 1.807) is 16.7 Å². The smallest absolute Gasteiger partial charge is 0.00928 e. The Morgan fingerprint density at radius 1 is 0.667 bits per heavy atom. The molecule has 5 fully saturated rings. The van der Waals surface area contributed by atoms with Gasteiger partial charge in [0.25, 0.3) is 0 Å². The Labute approximate surface area is 130 Å². The molecule has 5 aliphatic carbocycles. The van der Waals surface area contributed by atoms with Gasteiger partial charge in [-0.3, -0.25) is 0 Å². The van der Waals surface area contributed by atoms with Crippen LogP contribution in [0, 0.1) is 29.1 Å². The summed E-state index contributed by atoms with van der Waals surface area (Å²) in [6, 6.07) is 0. The quantitative estimate of drug-likeness (QED) is 0.474. The standard InChI is InChI=1S/C21H30/c1-11(2)14-17-15(12(3)4)19-18(14)16(13(5)6)20(17)21(19)9-7-8-10-21/h17-20H,7-10H2,1-6H3/t17-,18-,19-,20-/m0/s1. The number of hydrogen-bond donors (Lipinski definition) is 0. The van der Waals surface area contributed by atoms with Gasteiger partial charge in [0.05, 0.1) is 0 Å². The number of allylic oxidation sites excluding steroid dienone is 6. The lowest BCUT2D eigenvalue weighted by Crippen LogP contribution is -2.28. The van der Waals surface area contributed by atoms with E-state index >= 15 is 0 Å². The van der Waals surface area contributed by atoms with Crippen molar-refractivity contribution in [3.8, 4) is 0 Å². The van der Waals surface area contributed by atoms with Crippen molar-refractivity contribution in [2.75, 3.05) is 0 Å². The Balaban J connectivity index is 2.00. The molecule has 0 amide bonds. The zero-order valence-corrected chi connectivity index (χ0v) is 14.6. The lowest BCUT2D eigenvalue weighted by Gasteiger charge is -2.34. The predicted molar refractivity (Wildman–Crippen MR) is 90.0 cm³/mol. The van der Waals surface area contributed by atoms with Crippen molar-refractivity contribution in [2.45, 2.75) is 67.2 Å². The van der Waals surface area contributed by atoms with Crippen molar-refractivity contribution in [1.29, 1.82) is 0 Å². The molecule has 5 saturated carbocycles. The number of rotatable bonds is 0. The molecule has 0 N–H and O–H groups in total. The molecular weight excluding hydrogens is 252 g/mol. The molecule has 4 atom stereocenters. The fourth-order valence-electron chi connectivity index (χ4n) is 6.99. The first kappa shape index (κ1) is 13.9. The Bertz CT molecular complexity index is 550. The maximum absolute atomic E-state index is 2.37. The van der Waals surface area contributed by atoms with Gasteiger partial charge in [-0.25, -0.2) is 0 Å². The van der Waals surface area contributed by atoms with E-state index in [4.69, 9.17) is 0 Å². The summed E-state index contributed by atoms with van der Waals surface area (Å²) in [4.78, 5) is 0. The molecule has 5 aliphatic rings. The summed E-state index contributed by atoms with van der Waals surface area (Å²) in [6.07, 6.45) is 5.95. The van der Waals surface area contributed by atoms with Gasteiger partial charge in [0.2, 0.25) is 0 Å². The SMILES string of the molecule is CC(C)=C1[C@H]2C(=C(C)C)[C@H]3[C@@H]1C(=C(C)C)[C@@H]2C31CCCC1. The van der Waals surface area contributed by atoms with Gasteiger partial charge in [0.1, 0.15) is 0 Å². The van der Waals surface area contributed by atoms with Crippen LogP contribution in [0.3, 0.4) is 0 Å². The average Bonchev–Trinajstić information content (AvgIpc) is 3.14. The molecule has 0 radical (unpaired) electrons. The second kappa shape index (κ2) is 4.15. The molecule has 0 aromatic carbocycles. The second-order valence-electron chi connectivity index (χ2n) is 8.72. The molecule has 4 bridgehead atoms. The van der Waals surface area contributed by atoms with Gasteiger partial charge in [-0.05, 0) is 71.6 Å². The number of hydrogen-bond acceptors (Lipinski definition) is 0. The molecule has 0 aromatic rings. The van der Waals surface area contributed by atoms with Crippen LogP contribution in [0.2, 0.25) is 0 Å². The Morgan fingerprint density at radius 3 is 1.38 bits per heavy atom. The lowest BCUT2D eigenvalue weighted by atomic mass is 9.69. The summed E-state index contributed by atoms with van der Waals surface area (Å²) >= 11 is 0. The summed E-state index contributed by atoms with van der Waals surface area (Å²) in [5.74, 6) is 3.32. The van der Waals surface area contributed by atoms with Crippen molar-refractivity contribution < 1.29 is 0 Å². The normalized spacial score (nSPS) is 38.3. The molecule has 0 heterocycles. The van der Waals surface area contributed by atoms with E-state index in [9.17, 15) is 0 Å². The molecule has 114 valence electrons. The third kappa shape index (κ3) is 1.38. The van der Waals surface area contributed by atoms with Gasteiger partial charge in [-0.2, -0.15) is 0 Å². The zero-order valence-electron chi connectivity index (χ0n) is 14.6. The van der Waals surface area contributed by atoms with E-state index in [0.29, 0.717) is 5.41 Å². The van der Waals surface area contributed by atoms with E-state index in [2.05, 4.69) is 41.5 Å². The van der Waals surface area contributed by atoms with Crippen LogP contribution >= 0.6 is 0 Å². The molecule has 0 saturated heterocycles. The van der Waals surface area contributed by atoms with Crippen molar-refractivity contribution in [3.63, 3.8) is 0 Å². The summed E-state index contributed by atoms with van der Waals surface area (Å²) in [5, 5.41) is 0. The second-order valence-corrected chi connectivity index (χ2v) is 8.72. The Hall–Kier alpha value is -0.780. The monoisotopic (exact) mass is 282 g/mol. The molecule has 0 heteroatoms. The van der Waals surface area contributed by atoms with E-state index < -0.39 is 0 Å². The molecule has 0 aromatic heterocycles. The van der Waals surface area contributed by atoms with Crippen molar-refractivity contribution >= 4 is 0 Å². The van der Waals surface area contributed by atoms with Gasteiger partial charge in [-0.15, -0.1) is 0 Å². The highest BCUT2D eigenvalue weighted by molar-refractivity contribution is 5.60. The minimum Gasteiger partial charge on any atom is -0.0763 e. The highest BCUT2D eigenvalue weighted by Crippen LogP contribution is 2.82. The molecule has 21 heavy (non-hydrogen) atoms. The summed E-state index contributed by atoms with van der Waals surface area (Å²) in [5.41, 5.74) is 11.1. The maximum atomic E-state index is 2.37. The first-order valence-corrected chi connectivity index (χ1v) is 8.93. The maximum Gasteiger partial charge on any atom is 0.00928 e. The van der Waals surface area contributed by atoms with Gasteiger partial charge >= 0.3 is 0 Å². The van der Waals surface area contributed by atoms with Crippen LogP contribution in [-0.2, 0) is 0 Å². The van der Waals surface area contributed by atoms with Crippen LogP contribution in [0.25, 0.3) is 0 Å². The molecule has 5 rings (SSSR count). The van der Waals surface area contributed by atoms with Crippen molar-refractivity contribution in [3.05, 3.63) is 33.4 Å². The minimum absolute atomic E-state index is 0.660. The van der Waals surface area contributed by atoms with E-state index in [-0.39, 0.29) is 0 Å². The van der Waals surface area contributed by atoms with Gasteiger partial charge < -0.3 is 0 Å². The van der Waals surface area contributed by atoms with Crippen molar-refractivity contribution in [2.24, 2.45) is 29.1 Å². The highest BCUT2D eigenvalue weighted by Gasteiger charge is 2.74. The highest BCUT2D eigenvalue weighted by atomic mass is 14.8. The first-order valence-electron chi connectivity index (χ1n) is 8.93. The van der Waals surface area contributed by atoms with Crippen LogP contribution in [0.15, 0.2) is 33.4 Å². The fourth-order valence-corrected chi connectivity index (χ4v) is 6.99. The largest absolute Gasteiger partial charge is 0.0763 e. The van der Waals surface area contributed by atoms with Crippen LogP contribution in [0.4, 0.5) is 0 Å². The molecule has 0 aliphatic heterocycles. The Morgan fingerprint density at radius 2 is 1.05 bits per heavy atom. The molecule has 0 unspecified atom stereocenters. The van der Waals surface area contributed by atoms with Gasteiger partial charge in [-0.1, -0.05) is 46.3 Å². The van der Waals surface area contributed by atoms with Crippen LogP contribution in [0.5, 0.6) is 0 Å². The third-order valence-corrected chi connectivity index (χ3v) is 7.18. The summed E-state index contributed by atoms with van der Waals surface area (Å²) in [6.45, 7) is 14.2. The van der Waals surface area contributed by atoms with E-state index in [1.807, 2.05) is 16.7 Å².